The van der Waals surface area contributed by atoms with Crippen molar-refractivity contribution in [2.24, 2.45) is 0 Å². The van der Waals surface area contributed by atoms with Crippen LogP contribution >= 0.6 is 12.2 Å². The third kappa shape index (κ3) is 1.74. The lowest BCUT2D eigenvalue weighted by atomic mass is 10.1. The number of aromatic amines is 1. The number of carbonyl (C=O) groups excluding carboxylic acids is 1. The van der Waals surface area contributed by atoms with Gasteiger partial charge in [0.25, 0.3) is 0 Å². The summed E-state index contributed by atoms with van der Waals surface area (Å²) in [6.45, 7) is 0. The Morgan fingerprint density at radius 1 is 1.83 bits per heavy atom. The Morgan fingerprint density at radius 3 is 3.08 bits per heavy atom. The van der Waals surface area contributed by atoms with Crippen molar-refractivity contribution in [3.63, 3.8) is 0 Å². The van der Waals surface area contributed by atoms with Crippen LogP contribution in [0, 0.1) is 16.0 Å². The monoisotopic (exact) mass is 179 g/mol. The highest BCUT2D eigenvalue weighted by atomic mass is 32.1. The number of carbonyl (C=O) groups is 1. The van der Waals surface area contributed by atoms with Crippen LogP contribution in [0.1, 0.15) is 11.6 Å². The molecule has 0 fully saturated rings. The number of nitrogens with zero attached hydrogens (tertiary/aromatic N) is 2. The quantitative estimate of drug-likeness (QED) is 0.542. The van der Waals surface area contributed by atoms with E-state index in [1.54, 1.807) is 0 Å². The van der Waals surface area contributed by atoms with E-state index in [-0.39, 0.29) is 0 Å². The van der Waals surface area contributed by atoms with Crippen molar-refractivity contribution in [2.45, 2.75) is 5.92 Å². The normalized spacial score (nSPS) is 11.6. The second kappa shape index (κ2) is 3.74. The van der Waals surface area contributed by atoms with Crippen LogP contribution in [0.2, 0.25) is 0 Å². The van der Waals surface area contributed by atoms with Gasteiger partial charge in [0, 0.05) is 5.69 Å². The van der Waals surface area contributed by atoms with Gasteiger partial charge in [-0.2, -0.15) is 5.26 Å². The van der Waals surface area contributed by atoms with Gasteiger partial charge in [0.05, 0.1) is 12.4 Å². The molecule has 0 spiro atoms. The Hall–Kier alpha value is -1.54. The van der Waals surface area contributed by atoms with Crippen molar-refractivity contribution < 1.29 is 4.79 Å². The van der Waals surface area contributed by atoms with E-state index in [0.29, 0.717) is 16.6 Å². The van der Waals surface area contributed by atoms with Crippen molar-refractivity contribution in [3.05, 3.63) is 22.7 Å². The van der Waals surface area contributed by atoms with E-state index in [9.17, 15) is 4.79 Å². The summed E-state index contributed by atoms with van der Waals surface area (Å²) >= 11 is 4.76. The maximum Gasteiger partial charge on any atom is 0.143 e. The Labute approximate surface area is 73.9 Å². The maximum absolute atomic E-state index is 10.4. The van der Waals surface area contributed by atoms with Gasteiger partial charge in [0.2, 0.25) is 0 Å². The number of aldehydes is 1. The summed E-state index contributed by atoms with van der Waals surface area (Å²) < 4.78 is 0.367. The van der Waals surface area contributed by atoms with E-state index in [2.05, 4.69) is 9.97 Å². The van der Waals surface area contributed by atoms with Gasteiger partial charge in [-0.05, 0) is 6.07 Å². The molecule has 1 atom stereocenters. The summed E-state index contributed by atoms with van der Waals surface area (Å²) in [5, 5.41) is 8.51. The highest BCUT2D eigenvalue weighted by Gasteiger charge is 2.08. The predicted molar refractivity (Wildman–Crippen MR) is 43.8 cm³/mol. The van der Waals surface area contributed by atoms with Gasteiger partial charge in [-0.1, -0.05) is 12.2 Å². The molecule has 1 N–H and O–H groups in total. The largest absolute Gasteiger partial charge is 0.348 e. The SMILES string of the molecule is N#CC(C=O)c1cc(=S)nc[nH]1. The molecule has 0 bridgehead atoms. The van der Waals surface area contributed by atoms with Crippen LogP contribution in [0.5, 0.6) is 0 Å². The first-order chi connectivity index (χ1) is 5.77. The van der Waals surface area contributed by atoms with E-state index >= 15 is 0 Å². The number of rotatable bonds is 2. The van der Waals surface area contributed by atoms with Crippen molar-refractivity contribution in [3.8, 4) is 6.07 Å². The zero-order valence-electron chi connectivity index (χ0n) is 6.02. The molecule has 0 amide bonds. The molecule has 5 heteroatoms. The number of aromatic nitrogens is 2. The molecule has 1 rings (SSSR count). The maximum atomic E-state index is 10.4. The molecule has 1 unspecified atom stereocenters. The van der Waals surface area contributed by atoms with E-state index in [1.807, 2.05) is 6.07 Å². The third-order valence-electron chi connectivity index (χ3n) is 1.31. The summed E-state index contributed by atoms with van der Waals surface area (Å²) in [4.78, 5) is 16.8. The minimum absolute atomic E-state index is 0.367. The zero-order chi connectivity index (χ0) is 8.97. The van der Waals surface area contributed by atoms with Gasteiger partial charge in [0.15, 0.2) is 0 Å². The number of nitrogens with one attached hydrogen (secondary N) is 1. The van der Waals surface area contributed by atoms with Crippen LogP contribution < -0.4 is 0 Å². The fourth-order valence-electron chi connectivity index (χ4n) is 0.735. The number of H-pyrrole nitrogens is 1. The zero-order valence-corrected chi connectivity index (χ0v) is 6.84. The number of nitriles is 1. The second-order valence-corrected chi connectivity index (χ2v) is 2.50. The summed E-state index contributed by atoms with van der Waals surface area (Å²) in [6, 6.07) is 3.32. The van der Waals surface area contributed by atoms with E-state index in [1.165, 1.54) is 12.4 Å². The fourth-order valence-corrected chi connectivity index (χ4v) is 0.915. The summed E-state index contributed by atoms with van der Waals surface area (Å²) in [7, 11) is 0. The fraction of sp³-hybridized carbons (Fsp3) is 0.143. The summed E-state index contributed by atoms with van der Waals surface area (Å²) in [5.74, 6) is -0.783. The molecule has 0 aliphatic carbocycles. The van der Waals surface area contributed by atoms with E-state index in [0.717, 1.165) is 0 Å². The predicted octanol–water partition coefficient (Wildman–Crippen LogP) is 0.945. The molecule has 60 valence electrons. The first-order valence-corrected chi connectivity index (χ1v) is 3.58. The molecule has 0 aliphatic heterocycles. The van der Waals surface area contributed by atoms with E-state index in [4.69, 9.17) is 17.5 Å². The first kappa shape index (κ1) is 8.56. The Morgan fingerprint density at radius 2 is 2.58 bits per heavy atom. The third-order valence-corrected chi connectivity index (χ3v) is 1.54. The molecule has 4 nitrogen and oxygen atoms in total. The average Bonchev–Trinajstić information content (AvgIpc) is 2.07. The second-order valence-electron chi connectivity index (χ2n) is 2.08. The standard InChI is InChI=1S/C7H5N3OS/c8-2-5(3-11)6-1-7(12)10-4-9-6/h1,3-5H,(H,9,10,12). The van der Waals surface area contributed by atoms with Gasteiger partial charge in [-0.3, -0.25) is 0 Å². The van der Waals surface area contributed by atoms with Crippen LogP contribution in [0.4, 0.5) is 0 Å². The van der Waals surface area contributed by atoms with Crippen LogP contribution in [0.3, 0.4) is 0 Å². The Kier molecular flexibility index (Phi) is 2.66. The first-order valence-electron chi connectivity index (χ1n) is 3.17. The van der Waals surface area contributed by atoms with Gasteiger partial charge < -0.3 is 9.78 Å². The van der Waals surface area contributed by atoms with Crippen molar-refractivity contribution >= 4 is 18.5 Å². The number of hydrogen-bond acceptors (Lipinski definition) is 4. The van der Waals surface area contributed by atoms with E-state index < -0.39 is 5.92 Å². The molecule has 0 saturated heterocycles. The minimum atomic E-state index is -0.783. The minimum Gasteiger partial charge on any atom is -0.348 e. The average molecular weight is 179 g/mol. The lowest BCUT2D eigenvalue weighted by molar-refractivity contribution is -0.108. The highest BCUT2D eigenvalue weighted by Crippen LogP contribution is 2.07. The smallest absolute Gasteiger partial charge is 0.143 e. The van der Waals surface area contributed by atoms with Crippen molar-refractivity contribution in [1.29, 1.82) is 5.26 Å². The van der Waals surface area contributed by atoms with Crippen LogP contribution in [0.25, 0.3) is 0 Å². The molecular weight excluding hydrogens is 174 g/mol. The topological polar surface area (TPSA) is 69.5 Å². The number of hydrogen-bond donors (Lipinski definition) is 1. The molecule has 1 heterocycles. The van der Waals surface area contributed by atoms with Gasteiger partial charge in [-0.15, -0.1) is 0 Å². The van der Waals surface area contributed by atoms with Crippen molar-refractivity contribution in [2.75, 3.05) is 0 Å². The lowest BCUT2D eigenvalue weighted by Gasteiger charge is -1.98. The Bertz CT molecular complexity index is 379. The molecule has 0 aromatic carbocycles. The van der Waals surface area contributed by atoms with Crippen LogP contribution in [0.15, 0.2) is 12.4 Å². The molecule has 1 aromatic heterocycles. The summed E-state index contributed by atoms with van der Waals surface area (Å²) in [5.41, 5.74) is 0.479. The highest BCUT2D eigenvalue weighted by molar-refractivity contribution is 7.71. The molecule has 12 heavy (non-hydrogen) atoms. The van der Waals surface area contributed by atoms with Gasteiger partial charge in [-0.25, -0.2) is 4.98 Å². The molecular formula is C7H5N3OS. The van der Waals surface area contributed by atoms with Crippen LogP contribution in [-0.4, -0.2) is 16.3 Å². The summed E-state index contributed by atoms with van der Waals surface area (Å²) in [6.07, 6.45) is 1.92. The molecule has 0 aliphatic rings. The van der Waals surface area contributed by atoms with Gasteiger partial charge in [0.1, 0.15) is 16.8 Å². The van der Waals surface area contributed by atoms with Crippen molar-refractivity contribution in [1.82, 2.24) is 9.97 Å². The molecule has 0 radical (unpaired) electrons. The van der Waals surface area contributed by atoms with Crippen LogP contribution in [-0.2, 0) is 4.79 Å². The van der Waals surface area contributed by atoms with Gasteiger partial charge >= 0.3 is 0 Å². The molecule has 1 aromatic rings. The lowest BCUT2D eigenvalue weighted by Crippen LogP contribution is -2.00. The molecule has 0 saturated carbocycles. The Balaban J connectivity index is 3.11.